The molecule has 4 aliphatic heterocycles. The molecule has 3 unspecified atom stereocenters. The second-order valence-electron chi connectivity index (χ2n) is 34.6. The van der Waals surface area contributed by atoms with Crippen LogP contribution in [0.2, 0.25) is 0 Å². The summed E-state index contributed by atoms with van der Waals surface area (Å²) >= 11 is 0. The van der Waals surface area contributed by atoms with Crippen molar-refractivity contribution in [2.24, 2.45) is 41.4 Å². The number of likely N-dealkylation sites (tertiary alicyclic amines) is 1. The van der Waals surface area contributed by atoms with Crippen molar-refractivity contribution in [1.82, 2.24) is 59.6 Å². The molecular weight excluding hydrogens is 1450 g/mol. The van der Waals surface area contributed by atoms with Crippen LogP contribution < -0.4 is 10.6 Å². The number of alkyl halides is 3. The van der Waals surface area contributed by atoms with Gasteiger partial charge in [-0.3, -0.25) is 57.5 Å². The number of carbonyl (C=O) groups excluding carboxylic acids is 12. The Balaban J connectivity index is 1.11. The number of ether oxygens (including phenoxy) is 2. The van der Waals surface area contributed by atoms with Crippen LogP contribution in [0.15, 0.2) is 12.2 Å². The van der Waals surface area contributed by atoms with Gasteiger partial charge in [-0.1, -0.05) is 91.2 Å². The summed E-state index contributed by atoms with van der Waals surface area (Å²) in [6, 6.07) is -8.66. The molecule has 0 aromatic heterocycles. The number of halogens is 3. The van der Waals surface area contributed by atoms with Crippen LogP contribution in [0.1, 0.15) is 227 Å². The van der Waals surface area contributed by atoms with E-state index in [4.69, 9.17) is 9.47 Å². The first-order valence-electron chi connectivity index (χ1n) is 42.5. The third-order valence-corrected chi connectivity index (χ3v) is 27.0. The van der Waals surface area contributed by atoms with Gasteiger partial charge in [0, 0.05) is 101 Å². The highest BCUT2D eigenvalue weighted by Crippen LogP contribution is 2.45. The van der Waals surface area contributed by atoms with Gasteiger partial charge in [0.2, 0.25) is 70.9 Å². The van der Waals surface area contributed by atoms with Crippen molar-refractivity contribution in [2.45, 2.75) is 300 Å². The second kappa shape index (κ2) is 40.1. The fourth-order valence-corrected chi connectivity index (χ4v) is 19.5. The van der Waals surface area contributed by atoms with Crippen LogP contribution in [0.5, 0.6) is 0 Å². The lowest BCUT2D eigenvalue weighted by molar-refractivity contribution is -0.215. The number of hydrogen-bond acceptors (Lipinski definition) is 14. The van der Waals surface area contributed by atoms with E-state index in [0.717, 1.165) is 44.9 Å². The highest BCUT2D eigenvalue weighted by atomic mass is 19.4. The number of fused-ring (bicyclic) bond motifs is 3. The topological polar surface area (TPSA) is 280 Å². The summed E-state index contributed by atoms with van der Waals surface area (Å²) in [4.78, 5) is 200. The first kappa shape index (κ1) is 89.0. The zero-order chi connectivity index (χ0) is 81.6. The molecule has 8 fully saturated rings. The molecule has 13 atom stereocenters. The first-order chi connectivity index (χ1) is 53.3. The normalized spacial score (nSPS) is 32.1. The first-order valence-corrected chi connectivity index (χ1v) is 42.5. The molecule has 2 bridgehead atoms. The van der Waals surface area contributed by atoms with E-state index in [1.165, 1.54) is 81.5 Å². The predicted octanol–water partition coefficient (Wildman–Crippen LogP) is 7.73. The van der Waals surface area contributed by atoms with Gasteiger partial charge >= 0.3 is 6.18 Å². The Morgan fingerprint density at radius 3 is 1.93 bits per heavy atom. The zero-order valence-electron chi connectivity index (χ0n) is 69.2. The lowest BCUT2D eigenvalue weighted by atomic mass is 9.73. The van der Waals surface area contributed by atoms with E-state index < -0.39 is 174 Å². The molecule has 12 amide bonds. The summed E-state index contributed by atoms with van der Waals surface area (Å²) < 4.78 is 54.8. The molecule has 0 aromatic rings. The Hall–Kier alpha value is -6.91. The Bertz CT molecular complexity index is 3320. The van der Waals surface area contributed by atoms with Crippen LogP contribution in [-0.4, -0.2) is 294 Å². The van der Waals surface area contributed by atoms with Gasteiger partial charge in [-0.25, -0.2) is 0 Å². The maximum atomic E-state index is 15.9. The number of piperidine rings is 1. The highest BCUT2D eigenvalue weighted by Gasteiger charge is 2.57. The molecule has 9 rings (SSSR count). The summed E-state index contributed by atoms with van der Waals surface area (Å²) in [6.07, 6.45) is 10.2. The molecule has 1 spiro atoms. The molecule has 630 valence electrons. The maximum absolute atomic E-state index is 15.9. The largest absolute Gasteiger partial charge is 0.394 e. The monoisotopic (exact) mass is 1580 g/mol. The van der Waals surface area contributed by atoms with E-state index in [1.807, 2.05) is 32.9 Å². The van der Waals surface area contributed by atoms with Gasteiger partial charge in [0.05, 0.1) is 37.0 Å². The molecule has 3 saturated heterocycles. The fraction of sp³-hybridized carbons (Fsp3) is 0.831. The number of likely N-dealkylation sites (N-methyl/N-ethyl adjacent to an activating group) is 6. The lowest BCUT2D eigenvalue weighted by Crippen LogP contribution is -2.68. The van der Waals surface area contributed by atoms with E-state index in [0.29, 0.717) is 89.6 Å². The Morgan fingerprint density at radius 2 is 1.31 bits per heavy atom. The van der Waals surface area contributed by atoms with Crippen molar-refractivity contribution in [3.05, 3.63) is 12.2 Å². The smallest absolute Gasteiger partial charge is 0.381 e. The van der Waals surface area contributed by atoms with Gasteiger partial charge in [0.15, 0.2) is 0 Å². The van der Waals surface area contributed by atoms with Crippen LogP contribution in [0, 0.1) is 41.4 Å². The van der Waals surface area contributed by atoms with Gasteiger partial charge in [-0.15, -0.1) is 0 Å². The minimum absolute atomic E-state index is 0.0297. The highest BCUT2D eigenvalue weighted by molar-refractivity contribution is 6.01. The summed E-state index contributed by atoms with van der Waals surface area (Å²) in [5.41, 5.74) is -1.51. The molecular formula is C83H133F3N12O14. The van der Waals surface area contributed by atoms with Crippen molar-refractivity contribution in [2.75, 3.05) is 102 Å². The standard InChI is InChI=1S/C83H133F3N12O14/c1-13-25-54(5)71-79(108)97(59-37-38-59)52-70(101)91(8)63-29-18-16-23-44-96(78(63)107)65(45-55-32-30-53(4)31-33-55)75(104)89(6)51-68(99)87-49-58(36-34-56-35-39-61(83(84,85)86)67(46-56)111-12)74(103)98-50-60(112-15-3)47-66(98)76(105)94(11)82(40-24-41-82)81(110)93(10)72(57-27-19-20-28-57)80(109)92(9)64(77(106)95-42-21-17-22-43-95)48-69(100)90(7)62(26-14-2)73(102)88-71/h16,18,53-67,71-72H,13-15,17,19-52H2,1-12H3,(H,87,99)(H,88,102)/b18-16-/t53?,54-,55?,56?,58+,60+,61?,62-,63-,64-,65-,66-,67?,71-,72-/m0/s1. The van der Waals surface area contributed by atoms with E-state index >= 15 is 52.7 Å². The molecule has 9 aliphatic rings. The summed E-state index contributed by atoms with van der Waals surface area (Å²) in [6.45, 7) is 9.44. The molecule has 0 aromatic carbocycles. The molecule has 29 heteroatoms. The van der Waals surface area contributed by atoms with Gasteiger partial charge in [0.25, 0.3) is 0 Å². The van der Waals surface area contributed by atoms with Crippen molar-refractivity contribution in [3.8, 4) is 0 Å². The molecule has 4 heterocycles. The Morgan fingerprint density at radius 1 is 0.634 bits per heavy atom. The summed E-state index contributed by atoms with van der Waals surface area (Å²) in [5, 5.41) is 5.99. The van der Waals surface area contributed by atoms with Crippen molar-refractivity contribution in [3.63, 3.8) is 0 Å². The van der Waals surface area contributed by atoms with Crippen molar-refractivity contribution in [1.29, 1.82) is 0 Å². The van der Waals surface area contributed by atoms with E-state index in [2.05, 4.69) is 17.6 Å². The number of nitrogens with zero attached hydrogens (tertiary/aromatic N) is 10. The van der Waals surface area contributed by atoms with Crippen molar-refractivity contribution < 1.29 is 80.2 Å². The SMILES string of the molecule is CCC[C@H](C)[C@@H]1NC(=O)[C@H](CCC)N(C)C(=O)C[C@@H](C(=O)N2CCCCC2)N(C)C(=O)[C@H](C2CCCC2)N(C)C(=O)C2(CCC2)N(C)C(=O)[C@@H]2C[C@@H](OCC)CN2C(=O)[C@H](CCC2CCC(C(F)(F)F)C(OC)C2)CNC(=O)CN(C)C(=O)[C@H](CC2CCC(C)CC2)N2CC/C=C\C[C@@H](C2=O)N(C)C(=O)CN(C2CC2)C1=O. The number of carbonyl (C=O) groups is 12. The minimum Gasteiger partial charge on any atom is -0.381 e. The third kappa shape index (κ3) is 21.2. The maximum Gasteiger partial charge on any atom is 0.394 e. The average Bonchev–Trinajstić information content (AvgIpc) is 1.07. The van der Waals surface area contributed by atoms with Crippen LogP contribution in [0.25, 0.3) is 0 Å². The average molecular weight is 1580 g/mol. The van der Waals surface area contributed by atoms with Crippen LogP contribution in [0.3, 0.4) is 0 Å². The third-order valence-electron chi connectivity index (χ3n) is 27.0. The number of hydrogen-bond donors (Lipinski definition) is 2. The molecule has 0 radical (unpaired) electrons. The molecule has 2 N–H and O–H groups in total. The van der Waals surface area contributed by atoms with E-state index in [1.54, 1.807) is 23.8 Å². The minimum atomic E-state index is -4.50. The lowest BCUT2D eigenvalue weighted by Gasteiger charge is -2.51. The van der Waals surface area contributed by atoms with Gasteiger partial charge in [-0.05, 0) is 165 Å². The van der Waals surface area contributed by atoms with Crippen molar-refractivity contribution >= 4 is 70.9 Å². The molecule has 26 nitrogen and oxygen atoms in total. The van der Waals surface area contributed by atoms with Crippen LogP contribution in [-0.2, 0) is 67.0 Å². The van der Waals surface area contributed by atoms with E-state index in [9.17, 15) is 18.0 Å². The van der Waals surface area contributed by atoms with Gasteiger partial charge in [0.1, 0.15) is 54.4 Å². The fourth-order valence-electron chi connectivity index (χ4n) is 19.5. The predicted molar refractivity (Wildman–Crippen MR) is 414 cm³/mol. The Labute approximate surface area is 662 Å². The number of nitrogens with one attached hydrogen (secondary N) is 2. The van der Waals surface area contributed by atoms with E-state index in [-0.39, 0.29) is 121 Å². The number of methoxy groups -OCH3 is 1. The van der Waals surface area contributed by atoms with Gasteiger partial charge < -0.3 is 69.1 Å². The quantitative estimate of drug-likeness (QED) is 0.140. The summed E-state index contributed by atoms with van der Waals surface area (Å²) in [5.74, 6) is -10.0. The zero-order valence-corrected chi connectivity index (χ0v) is 69.2. The number of rotatable bonds is 16. The summed E-state index contributed by atoms with van der Waals surface area (Å²) in [7, 11) is 10.3. The molecule has 112 heavy (non-hydrogen) atoms. The second-order valence-corrected chi connectivity index (χ2v) is 34.6. The molecule has 5 saturated carbocycles. The number of amides is 12. The molecule has 5 aliphatic carbocycles. The Kier molecular flexibility index (Phi) is 31.9. The van der Waals surface area contributed by atoms with Crippen LogP contribution >= 0.6 is 0 Å². The van der Waals surface area contributed by atoms with Gasteiger partial charge in [-0.2, -0.15) is 13.2 Å². The van der Waals surface area contributed by atoms with Crippen LogP contribution in [0.4, 0.5) is 13.2 Å².